The van der Waals surface area contributed by atoms with Gasteiger partial charge in [0.05, 0.1) is 12.6 Å². The third-order valence-electron chi connectivity index (χ3n) is 3.57. The predicted molar refractivity (Wildman–Crippen MR) is 90.6 cm³/mol. The number of benzene rings is 2. The highest BCUT2D eigenvalue weighted by Crippen LogP contribution is 2.31. The molecule has 0 fully saturated rings. The molecule has 1 aliphatic rings. The first-order valence-electron chi connectivity index (χ1n) is 7.18. The van der Waals surface area contributed by atoms with Gasteiger partial charge in [-0.3, -0.25) is 4.79 Å². The zero-order chi connectivity index (χ0) is 15.4. The minimum Gasteiger partial charge on any atom is -0.493 e. The van der Waals surface area contributed by atoms with E-state index in [0.717, 1.165) is 27.8 Å². The van der Waals surface area contributed by atoms with Gasteiger partial charge in [-0.25, -0.2) is 0 Å². The first kappa shape index (κ1) is 14.9. The Morgan fingerprint density at radius 3 is 2.77 bits per heavy atom. The van der Waals surface area contributed by atoms with Crippen LogP contribution < -0.4 is 10.1 Å². The van der Waals surface area contributed by atoms with Crippen molar-refractivity contribution in [3.63, 3.8) is 0 Å². The van der Waals surface area contributed by atoms with Gasteiger partial charge in [0.1, 0.15) is 5.75 Å². The smallest absolute Gasteiger partial charge is 0.244 e. The van der Waals surface area contributed by atoms with E-state index < -0.39 is 0 Å². The standard InChI is InChI=1S/C18H16BrNO2/c19-14-8-5-13(6-9-14)7-10-18(21)20-16-11-12-22-17-4-2-1-3-15(16)17/h1-10,16H,11-12H2,(H,20,21)/b10-7+/t16-/m1/s1. The Hall–Kier alpha value is -2.07. The molecule has 1 N–H and O–H groups in total. The molecule has 0 spiro atoms. The number of hydrogen-bond donors (Lipinski definition) is 1. The van der Waals surface area contributed by atoms with Gasteiger partial charge < -0.3 is 10.1 Å². The van der Waals surface area contributed by atoms with Crippen molar-refractivity contribution >= 4 is 27.9 Å². The summed E-state index contributed by atoms with van der Waals surface area (Å²) < 4.78 is 6.62. The molecule has 4 heteroatoms. The molecule has 0 aromatic heterocycles. The SMILES string of the molecule is O=C(/C=C/c1ccc(Br)cc1)N[C@@H]1CCOc2ccccc21. The fourth-order valence-electron chi connectivity index (χ4n) is 2.46. The minimum atomic E-state index is -0.0929. The van der Waals surface area contributed by atoms with Crippen LogP contribution in [0.4, 0.5) is 0 Å². The maximum atomic E-state index is 12.1. The molecule has 0 saturated carbocycles. The Morgan fingerprint density at radius 2 is 1.95 bits per heavy atom. The summed E-state index contributed by atoms with van der Waals surface area (Å²) in [5.74, 6) is 0.764. The third-order valence-corrected chi connectivity index (χ3v) is 4.10. The van der Waals surface area contributed by atoms with Crippen LogP contribution in [0.15, 0.2) is 59.1 Å². The first-order chi connectivity index (χ1) is 10.7. The minimum absolute atomic E-state index is 0.00650. The Bertz CT molecular complexity index is 694. The number of hydrogen-bond acceptors (Lipinski definition) is 2. The summed E-state index contributed by atoms with van der Waals surface area (Å²) in [7, 11) is 0. The number of carbonyl (C=O) groups excluding carboxylic acids is 1. The molecule has 2 aromatic carbocycles. The highest BCUT2D eigenvalue weighted by molar-refractivity contribution is 9.10. The number of fused-ring (bicyclic) bond motifs is 1. The van der Waals surface area contributed by atoms with Crippen LogP contribution in [0.1, 0.15) is 23.6 Å². The zero-order valence-corrected chi connectivity index (χ0v) is 13.5. The Kier molecular flexibility index (Phi) is 4.59. The molecule has 112 valence electrons. The van der Waals surface area contributed by atoms with Crippen LogP contribution in [0.25, 0.3) is 6.08 Å². The van der Waals surface area contributed by atoms with Crippen molar-refractivity contribution in [1.29, 1.82) is 0 Å². The number of rotatable bonds is 3. The lowest BCUT2D eigenvalue weighted by molar-refractivity contribution is -0.117. The topological polar surface area (TPSA) is 38.3 Å². The lowest BCUT2D eigenvalue weighted by atomic mass is 10.0. The summed E-state index contributed by atoms with van der Waals surface area (Å²) in [5.41, 5.74) is 2.03. The van der Waals surface area contributed by atoms with Crippen LogP contribution in [0.2, 0.25) is 0 Å². The third kappa shape index (κ3) is 3.57. The van der Waals surface area contributed by atoms with E-state index in [1.807, 2.05) is 54.6 Å². The lowest BCUT2D eigenvalue weighted by Gasteiger charge is -2.26. The second kappa shape index (κ2) is 6.79. The summed E-state index contributed by atoms with van der Waals surface area (Å²) in [5, 5.41) is 3.04. The average Bonchev–Trinajstić information content (AvgIpc) is 2.55. The molecule has 3 nitrogen and oxygen atoms in total. The normalized spacial score (nSPS) is 16.9. The fraction of sp³-hybridized carbons (Fsp3) is 0.167. The molecule has 1 amide bonds. The van der Waals surface area contributed by atoms with Crippen molar-refractivity contribution in [1.82, 2.24) is 5.32 Å². The van der Waals surface area contributed by atoms with E-state index in [1.54, 1.807) is 6.08 Å². The first-order valence-corrected chi connectivity index (χ1v) is 7.97. The second-order valence-electron chi connectivity index (χ2n) is 5.12. The summed E-state index contributed by atoms with van der Waals surface area (Å²) >= 11 is 3.39. The van der Waals surface area contributed by atoms with Crippen LogP contribution in [0, 0.1) is 0 Å². The summed E-state index contributed by atoms with van der Waals surface area (Å²) in [6, 6.07) is 15.7. The Labute approximate surface area is 138 Å². The molecule has 1 heterocycles. The number of halogens is 1. The molecule has 0 unspecified atom stereocenters. The van der Waals surface area contributed by atoms with Gasteiger partial charge in [0.25, 0.3) is 0 Å². The van der Waals surface area contributed by atoms with Crippen molar-refractivity contribution in [3.8, 4) is 5.75 Å². The van der Waals surface area contributed by atoms with Gasteiger partial charge in [0.15, 0.2) is 0 Å². The maximum absolute atomic E-state index is 12.1. The maximum Gasteiger partial charge on any atom is 0.244 e. The van der Waals surface area contributed by atoms with Crippen LogP contribution >= 0.6 is 15.9 Å². The second-order valence-corrected chi connectivity index (χ2v) is 6.04. The molecule has 0 bridgehead atoms. The molecule has 3 rings (SSSR count). The van der Waals surface area contributed by atoms with Crippen molar-refractivity contribution in [2.24, 2.45) is 0 Å². The number of nitrogens with one attached hydrogen (secondary N) is 1. The van der Waals surface area contributed by atoms with E-state index in [0.29, 0.717) is 6.61 Å². The number of carbonyl (C=O) groups is 1. The van der Waals surface area contributed by atoms with Gasteiger partial charge >= 0.3 is 0 Å². The number of amides is 1. The van der Waals surface area contributed by atoms with Gasteiger partial charge in [-0.05, 0) is 29.8 Å². The molecule has 0 aliphatic carbocycles. The molecule has 1 atom stereocenters. The van der Waals surface area contributed by atoms with Crippen LogP contribution in [0.3, 0.4) is 0 Å². The van der Waals surface area contributed by atoms with E-state index in [4.69, 9.17) is 4.74 Å². The Balaban J connectivity index is 1.66. The molecule has 0 radical (unpaired) electrons. The van der Waals surface area contributed by atoms with E-state index in [2.05, 4.69) is 21.2 Å². The van der Waals surface area contributed by atoms with Gasteiger partial charge in [-0.1, -0.05) is 46.3 Å². The van der Waals surface area contributed by atoms with Gasteiger partial charge in [-0.15, -0.1) is 0 Å². The fourth-order valence-corrected chi connectivity index (χ4v) is 2.72. The van der Waals surface area contributed by atoms with Crippen molar-refractivity contribution in [2.45, 2.75) is 12.5 Å². The monoisotopic (exact) mass is 357 g/mol. The van der Waals surface area contributed by atoms with Gasteiger partial charge in [0.2, 0.25) is 5.91 Å². The van der Waals surface area contributed by atoms with E-state index in [1.165, 1.54) is 0 Å². The van der Waals surface area contributed by atoms with E-state index >= 15 is 0 Å². The van der Waals surface area contributed by atoms with Crippen molar-refractivity contribution < 1.29 is 9.53 Å². The predicted octanol–water partition coefficient (Wildman–Crippen LogP) is 4.10. The van der Waals surface area contributed by atoms with Gasteiger partial charge in [-0.2, -0.15) is 0 Å². The summed E-state index contributed by atoms with van der Waals surface area (Å²) in [6.45, 7) is 0.623. The van der Waals surface area contributed by atoms with E-state index in [-0.39, 0.29) is 11.9 Å². The van der Waals surface area contributed by atoms with Gasteiger partial charge in [0, 0.05) is 22.5 Å². The number of ether oxygens (including phenoxy) is 1. The quantitative estimate of drug-likeness (QED) is 0.839. The molecular weight excluding hydrogens is 342 g/mol. The summed E-state index contributed by atoms with van der Waals surface area (Å²) in [4.78, 5) is 12.1. The molecule has 22 heavy (non-hydrogen) atoms. The van der Waals surface area contributed by atoms with E-state index in [9.17, 15) is 4.79 Å². The molecule has 2 aromatic rings. The highest BCUT2D eigenvalue weighted by Gasteiger charge is 2.21. The van der Waals surface area contributed by atoms with Crippen LogP contribution in [-0.2, 0) is 4.79 Å². The number of para-hydroxylation sites is 1. The molecule has 1 aliphatic heterocycles. The average molecular weight is 358 g/mol. The Morgan fingerprint density at radius 1 is 1.18 bits per heavy atom. The zero-order valence-electron chi connectivity index (χ0n) is 12.0. The van der Waals surface area contributed by atoms with Crippen LogP contribution in [0.5, 0.6) is 5.75 Å². The van der Waals surface area contributed by atoms with Crippen molar-refractivity contribution in [2.75, 3.05) is 6.61 Å². The van der Waals surface area contributed by atoms with Crippen molar-refractivity contribution in [3.05, 3.63) is 70.2 Å². The summed E-state index contributed by atoms with van der Waals surface area (Å²) in [6.07, 6.45) is 4.17. The lowest BCUT2D eigenvalue weighted by Crippen LogP contribution is -2.30. The molecule has 0 saturated heterocycles. The molecular formula is C18H16BrNO2. The van der Waals surface area contributed by atoms with Crippen LogP contribution in [-0.4, -0.2) is 12.5 Å². The largest absolute Gasteiger partial charge is 0.493 e. The highest BCUT2D eigenvalue weighted by atomic mass is 79.9.